The van der Waals surface area contributed by atoms with Crippen LogP contribution in [0.15, 0.2) is 22.1 Å². The van der Waals surface area contributed by atoms with E-state index < -0.39 is 0 Å². The minimum Gasteiger partial charge on any atom is -0.452 e. The minimum atomic E-state index is -0.172. The molecule has 0 aromatic carbocycles. The third-order valence-corrected chi connectivity index (χ3v) is 3.38. The van der Waals surface area contributed by atoms with Crippen molar-refractivity contribution in [2.24, 2.45) is 0 Å². The highest BCUT2D eigenvalue weighted by Crippen LogP contribution is 2.19. The van der Waals surface area contributed by atoms with Crippen LogP contribution in [0.25, 0.3) is 0 Å². The first-order valence-corrected chi connectivity index (χ1v) is 6.23. The number of carbonyl (C=O) groups excluding carboxylic acids is 1. The standard InChI is InChI=1S/C11H11ClN2O2S/c1-7-13-8(6-17-7)5-14(2)11(15)9-3-4-16-10(9)12/h3-4,6H,5H2,1-2H3. The van der Waals surface area contributed by atoms with E-state index in [1.54, 1.807) is 29.4 Å². The number of amides is 1. The van der Waals surface area contributed by atoms with Gasteiger partial charge in [0.1, 0.15) is 0 Å². The van der Waals surface area contributed by atoms with Crippen LogP contribution in [0.1, 0.15) is 21.1 Å². The Balaban J connectivity index is 2.08. The lowest BCUT2D eigenvalue weighted by Gasteiger charge is -2.14. The maximum atomic E-state index is 12.0. The van der Waals surface area contributed by atoms with Gasteiger partial charge < -0.3 is 9.32 Å². The second-order valence-corrected chi connectivity index (χ2v) is 5.03. The van der Waals surface area contributed by atoms with Crippen LogP contribution in [0, 0.1) is 6.92 Å². The van der Waals surface area contributed by atoms with Crippen LogP contribution in [-0.2, 0) is 6.54 Å². The molecule has 2 rings (SSSR count). The van der Waals surface area contributed by atoms with Crippen molar-refractivity contribution in [2.75, 3.05) is 7.05 Å². The second kappa shape index (κ2) is 4.89. The van der Waals surface area contributed by atoms with E-state index in [1.165, 1.54) is 6.26 Å². The molecule has 0 bridgehead atoms. The first-order chi connectivity index (χ1) is 8.08. The summed E-state index contributed by atoms with van der Waals surface area (Å²) in [5.74, 6) is -0.172. The van der Waals surface area contributed by atoms with Gasteiger partial charge in [0.05, 0.1) is 29.1 Å². The van der Waals surface area contributed by atoms with Crippen molar-refractivity contribution < 1.29 is 9.21 Å². The van der Waals surface area contributed by atoms with Gasteiger partial charge in [0.15, 0.2) is 0 Å². The predicted molar refractivity (Wildman–Crippen MR) is 66.4 cm³/mol. The Morgan fingerprint density at radius 2 is 2.41 bits per heavy atom. The predicted octanol–water partition coefficient (Wildman–Crippen LogP) is 2.97. The number of hydrogen-bond acceptors (Lipinski definition) is 4. The molecule has 0 saturated heterocycles. The number of nitrogens with zero attached hydrogens (tertiary/aromatic N) is 2. The average Bonchev–Trinajstić information content (AvgIpc) is 2.86. The molecule has 0 radical (unpaired) electrons. The molecule has 2 aromatic heterocycles. The molecule has 2 heterocycles. The molecule has 1 amide bonds. The van der Waals surface area contributed by atoms with Crippen molar-refractivity contribution in [2.45, 2.75) is 13.5 Å². The maximum Gasteiger partial charge on any atom is 0.258 e. The lowest BCUT2D eigenvalue weighted by Crippen LogP contribution is -2.26. The van der Waals surface area contributed by atoms with Gasteiger partial charge in [0, 0.05) is 12.4 Å². The third kappa shape index (κ3) is 2.68. The van der Waals surface area contributed by atoms with Crippen LogP contribution in [-0.4, -0.2) is 22.8 Å². The Morgan fingerprint density at radius 3 is 2.94 bits per heavy atom. The lowest BCUT2D eigenvalue weighted by molar-refractivity contribution is 0.0783. The summed E-state index contributed by atoms with van der Waals surface area (Å²) in [5, 5.41) is 3.05. The Hall–Kier alpha value is -1.33. The molecule has 0 N–H and O–H groups in total. The number of rotatable bonds is 3. The summed E-state index contributed by atoms with van der Waals surface area (Å²) in [4.78, 5) is 17.9. The van der Waals surface area contributed by atoms with Crippen LogP contribution in [0.5, 0.6) is 0 Å². The van der Waals surface area contributed by atoms with Crippen molar-refractivity contribution in [3.63, 3.8) is 0 Å². The first kappa shape index (κ1) is 12.1. The summed E-state index contributed by atoms with van der Waals surface area (Å²) >= 11 is 7.32. The summed E-state index contributed by atoms with van der Waals surface area (Å²) in [7, 11) is 1.71. The zero-order valence-corrected chi connectivity index (χ0v) is 11.0. The summed E-state index contributed by atoms with van der Waals surface area (Å²) in [5.41, 5.74) is 1.25. The molecule has 0 atom stereocenters. The highest BCUT2D eigenvalue weighted by Gasteiger charge is 2.18. The molecule has 0 aliphatic heterocycles. The van der Waals surface area contributed by atoms with Crippen molar-refractivity contribution in [3.05, 3.63) is 39.2 Å². The van der Waals surface area contributed by atoms with Gasteiger partial charge in [0.2, 0.25) is 5.22 Å². The number of furan rings is 1. The maximum absolute atomic E-state index is 12.0. The molecule has 0 fully saturated rings. The SMILES string of the molecule is Cc1nc(CN(C)C(=O)c2ccoc2Cl)cs1. The third-order valence-electron chi connectivity index (χ3n) is 2.26. The normalized spacial score (nSPS) is 10.5. The quantitative estimate of drug-likeness (QED) is 0.861. The number of halogens is 1. The van der Waals surface area contributed by atoms with Crippen LogP contribution in [0.4, 0.5) is 0 Å². The number of carbonyl (C=O) groups is 1. The molecular weight excluding hydrogens is 260 g/mol. The lowest BCUT2D eigenvalue weighted by atomic mass is 10.3. The zero-order valence-electron chi connectivity index (χ0n) is 9.44. The molecule has 4 nitrogen and oxygen atoms in total. The fraction of sp³-hybridized carbons (Fsp3) is 0.273. The Kier molecular flexibility index (Phi) is 3.49. The van der Waals surface area contributed by atoms with Crippen molar-refractivity contribution in [1.82, 2.24) is 9.88 Å². The first-order valence-electron chi connectivity index (χ1n) is 4.97. The largest absolute Gasteiger partial charge is 0.452 e. The highest BCUT2D eigenvalue weighted by molar-refractivity contribution is 7.09. The van der Waals surface area contributed by atoms with Crippen molar-refractivity contribution >= 4 is 28.8 Å². The zero-order chi connectivity index (χ0) is 12.4. The Labute approximate surface area is 108 Å². The van der Waals surface area contributed by atoms with Crippen molar-refractivity contribution in [3.8, 4) is 0 Å². The molecule has 0 aliphatic carbocycles. The minimum absolute atomic E-state index is 0.122. The number of hydrogen-bond donors (Lipinski definition) is 0. The van der Waals surface area contributed by atoms with Gasteiger partial charge >= 0.3 is 0 Å². The van der Waals surface area contributed by atoms with Gasteiger partial charge in [-0.05, 0) is 24.6 Å². The van der Waals surface area contributed by atoms with E-state index in [2.05, 4.69) is 4.98 Å². The summed E-state index contributed by atoms with van der Waals surface area (Å²) in [6, 6.07) is 1.56. The molecule has 0 spiro atoms. The van der Waals surface area contributed by atoms with E-state index in [9.17, 15) is 4.79 Å². The van der Waals surface area contributed by atoms with Crippen LogP contribution >= 0.6 is 22.9 Å². The Morgan fingerprint density at radius 1 is 1.65 bits per heavy atom. The summed E-state index contributed by atoms with van der Waals surface area (Å²) in [6.07, 6.45) is 1.40. The van der Waals surface area contributed by atoms with Gasteiger partial charge in [-0.15, -0.1) is 11.3 Å². The van der Waals surface area contributed by atoms with Crippen LogP contribution < -0.4 is 0 Å². The van der Waals surface area contributed by atoms with E-state index in [1.807, 2.05) is 12.3 Å². The van der Waals surface area contributed by atoms with E-state index in [0.717, 1.165) is 10.7 Å². The highest BCUT2D eigenvalue weighted by atomic mass is 35.5. The molecule has 90 valence electrons. The van der Waals surface area contributed by atoms with E-state index in [4.69, 9.17) is 16.0 Å². The van der Waals surface area contributed by atoms with Gasteiger partial charge in [-0.25, -0.2) is 4.98 Å². The second-order valence-electron chi connectivity index (χ2n) is 3.63. The molecule has 0 aliphatic rings. The average molecular weight is 271 g/mol. The fourth-order valence-electron chi connectivity index (χ4n) is 1.45. The number of aryl methyl sites for hydroxylation is 1. The number of thiazole rings is 1. The number of aromatic nitrogens is 1. The van der Waals surface area contributed by atoms with E-state index in [-0.39, 0.29) is 11.1 Å². The Bertz CT molecular complexity index is 535. The monoisotopic (exact) mass is 270 g/mol. The fourth-order valence-corrected chi connectivity index (χ4v) is 2.25. The van der Waals surface area contributed by atoms with Crippen molar-refractivity contribution in [1.29, 1.82) is 0 Å². The van der Waals surface area contributed by atoms with Gasteiger partial charge in [-0.2, -0.15) is 0 Å². The smallest absolute Gasteiger partial charge is 0.258 e. The van der Waals surface area contributed by atoms with E-state index in [0.29, 0.717) is 12.1 Å². The van der Waals surface area contributed by atoms with Gasteiger partial charge in [-0.3, -0.25) is 4.79 Å². The van der Waals surface area contributed by atoms with Gasteiger partial charge in [0.25, 0.3) is 5.91 Å². The van der Waals surface area contributed by atoms with E-state index >= 15 is 0 Å². The molecular formula is C11H11ClN2O2S. The molecule has 17 heavy (non-hydrogen) atoms. The molecule has 6 heteroatoms. The molecule has 2 aromatic rings. The van der Waals surface area contributed by atoms with Gasteiger partial charge in [-0.1, -0.05) is 0 Å². The molecule has 0 saturated carbocycles. The topological polar surface area (TPSA) is 46.3 Å². The molecule has 0 unspecified atom stereocenters. The summed E-state index contributed by atoms with van der Waals surface area (Å²) in [6.45, 7) is 2.40. The van der Waals surface area contributed by atoms with Crippen LogP contribution in [0.2, 0.25) is 5.22 Å². The summed E-state index contributed by atoms with van der Waals surface area (Å²) < 4.78 is 4.89. The van der Waals surface area contributed by atoms with Crippen LogP contribution in [0.3, 0.4) is 0 Å².